The van der Waals surface area contributed by atoms with E-state index in [-0.39, 0.29) is 12.4 Å². The number of H-pyrrole nitrogens is 1. The largest absolute Gasteiger partial charge is 0.493 e. The molecule has 50 heavy (non-hydrogen) atoms. The summed E-state index contributed by atoms with van der Waals surface area (Å²) in [5.41, 5.74) is 2.47. The summed E-state index contributed by atoms with van der Waals surface area (Å²) in [6, 6.07) is 17.1. The van der Waals surface area contributed by atoms with Crippen LogP contribution in [0, 0.1) is 5.92 Å². The average Bonchev–Trinajstić information content (AvgIpc) is 3.77. The van der Waals surface area contributed by atoms with E-state index < -0.39 is 17.6 Å². The number of piperidine rings is 1. The summed E-state index contributed by atoms with van der Waals surface area (Å²) < 4.78 is 23.1. The van der Waals surface area contributed by atoms with Gasteiger partial charge >= 0.3 is 11.9 Å². The van der Waals surface area contributed by atoms with E-state index in [4.69, 9.17) is 42.1 Å². The van der Waals surface area contributed by atoms with Gasteiger partial charge in [-0.1, -0.05) is 53.5 Å². The lowest BCUT2D eigenvalue weighted by atomic mass is 9.91. The Kier molecular flexibility index (Phi) is 11.7. The van der Waals surface area contributed by atoms with Crippen LogP contribution in [-0.4, -0.2) is 57.8 Å². The van der Waals surface area contributed by atoms with Gasteiger partial charge < -0.3 is 23.8 Å². The molecule has 1 fully saturated rings. The highest BCUT2D eigenvalue weighted by Gasteiger charge is 2.46. The number of esters is 2. The van der Waals surface area contributed by atoms with E-state index in [0.717, 1.165) is 48.4 Å². The maximum Gasteiger partial charge on any atom is 0.348 e. The summed E-state index contributed by atoms with van der Waals surface area (Å²) in [6.45, 7) is 2.82. The molecular formula is C38H42Cl2N3O6S+. The molecule has 2 N–H and O–H groups in total. The predicted octanol–water partition coefficient (Wildman–Crippen LogP) is 6.84. The van der Waals surface area contributed by atoms with Crippen LogP contribution in [0.25, 0.3) is 0 Å². The number of aromatic amines is 1. The number of fused-ring (bicyclic) bond motifs is 1. The molecule has 1 aliphatic carbocycles. The van der Waals surface area contributed by atoms with Gasteiger partial charge in [0, 0.05) is 23.4 Å². The van der Waals surface area contributed by atoms with E-state index in [9.17, 15) is 9.59 Å². The Balaban J connectivity index is 1.18. The van der Waals surface area contributed by atoms with E-state index in [1.807, 2.05) is 30.3 Å². The monoisotopic (exact) mass is 738 g/mol. The SMILES string of the molecule is COc1ccc([C@H](Cc2c(Cl)c[nH+]cc2Cl)OC(=O)c2ccc(CNC3(C(=O)OCC4CCN(C)CC4)CCc4ccccc43)s2)cc1OC. The maximum absolute atomic E-state index is 13.9. The molecule has 264 valence electrons. The lowest BCUT2D eigenvalue weighted by molar-refractivity contribution is -0.377. The zero-order valence-corrected chi connectivity index (χ0v) is 30.8. The number of halogens is 2. The summed E-state index contributed by atoms with van der Waals surface area (Å²) in [4.78, 5) is 34.1. The highest BCUT2D eigenvalue weighted by atomic mass is 35.5. The zero-order chi connectivity index (χ0) is 35.3. The number of nitrogens with zero attached hydrogens (tertiary/aromatic N) is 1. The van der Waals surface area contributed by atoms with E-state index >= 15 is 0 Å². The number of thiophene rings is 1. The molecule has 2 atom stereocenters. The highest BCUT2D eigenvalue weighted by molar-refractivity contribution is 7.13. The number of aromatic nitrogens is 1. The summed E-state index contributed by atoms with van der Waals surface area (Å²) in [5.74, 6) is 0.682. The van der Waals surface area contributed by atoms with Crippen LogP contribution in [0.2, 0.25) is 10.0 Å². The molecule has 0 radical (unpaired) electrons. The smallest absolute Gasteiger partial charge is 0.348 e. The van der Waals surface area contributed by atoms with Crippen LogP contribution in [0.1, 0.15) is 62.2 Å². The molecule has 0 bridgehead atoms. The Morgan fingerprint density at radius 1 is 1.02 bits per heavy atom. The summed E-state index contributed by atoms with van der Waals surface area (Å²) in [7, 11) is 5.23. The molecule has 1 aliphatic heterocycles. The number of aryl methyl sites for hydroxylation is 1. The van der Waals surface area contributed by atoms with Crippen LogP contribution in [0.5, 0.6) is 11.5 Å². The maximum atomic E-state index is 13.9. The Morgan fingerprint density at radius 3 is 2.50 bits per heavy atom. The number of ether oxygens (including phenoxy) is 4. The van der Waals surface area contributed by atoms with Crippen molar-refractivity contribution in [1.82, 2.24) is 10.2 Å². The molecule has 9 nitrogen and oxygen atoms in total. The first-order valence-corrected chi connectivity index (χ1v) is 18.3. The van der Waals surface area contributed by atoms with Crippen LogP contribution in [-0.2, 0) is 39.2 Å². The third-order valence-electron chi connectivity index (χ3n) is 9.73. The number of benzene rings is 2. The number of hydrogen-bond acceptors (Lipinski definition) is 9. The van der Waals surface area contributed by atoms with Crippen LogP contribution < -0.4 is 19.8 Å². The molecule has 0 spiro atoms. The molecule has 0 amide bonds. The van der Waals surface area contributed by atoms with Gasteiger partial charge in [-0.15, -0.1) is 11.3 Å². The summed E-state index contributed by atoms with van der Waals surface area (Å²) in [6.07, 6.45) is 6.19. The third-order valence-corrected chi connectivity index (χ3v) is 11.5. The van der Waals surface area contributed by atoms with E-state index in [0.29, 0.717) is 63.0 Å². The Labute approximate surface area is 306 Å². The van der Waals surface area contributed by atoms with Crippen molar-refractivity contribution in [3.8, 4) is 11.5 Å². The fourth-order valence-electron chi connectivity index (χ4n) is 6.77. The fraction of sp³-hybridized carbons (Fsp3) is 0.395. The van der Waals surface area contributed by atoms with Crippen molar-refractivity contribution in [2.75, 3.05) is 41.0 Å². The first-order chi connectivity index (χ1) is 24.2. The molecule has 1 saturated heterocycles. The summed E-state index contributed by atoms with van der Waals surface area (Å²) >= 11 is 14.3. The number of hydrogen-bond donors (Lipinski definition) is 1. The molecule has 3 heterocycles. The van der Waals surface area contributed by atoms with E-state index in [2.05, 4.69) is 28.3 Å². The molecule has 6 rings (SSSR count). The van der Waals surface area contributed by atoms with Gasteiger partial charge in [-0.3, -0.25) is 5.32 Å². The lowest BCUT2D eigenvalue weighted by Gasteiger charge is -2.32. The normalized spacial score (nSPS) is 18.3. The molecule has 4 aromatic rings. The van der Waals surface area contributed by atoms with Crippen molar-refractivity contribution < 1.29 is 33.5 Å². The van der Waals surface area contributed by atoms with Gasteiger partial charge in [0.15, 0.2) is 23.9 Å². The second-order valence-electron chi connectivity index (χ2n) is 12.9. The van der Waals surface area contributed by atoms with Crippen LogP contribution in [0.3, 0.4) is 0 Å². The van der Waals surface area contributed by atoms with Gasteiger partial charge in [-0.2, -0.15) is 0 Å². The molecule has 2 aromatic carbocycles. The highest BCUT2D eigenvalue weighted by Crippen LogP contribution is 2.40. The lowest BCUT2D eigenvalue weighted by Crippen LogP contribution is -2.48. The van der Waals surface area contributed by atoms with Crippen molar-refractivity contribution in [2.45, 2.75) is 50.3 Å². The van der Waals surface area contributed by atoms with Crippen molar-refractivity contribution in [3.05, 3.63) is 109 Å². The minimum absolute atomic E-state index is 0.231. The van der Waals surface area contributed by atoms with E-state index in [1.54, 1.807) is 44.8 Å². The number of carbonyl (C=O) groups excluding carboxylic acids is 2. The Hall–Kier alpha value is -3.67. The molecular weight excluding hydrogens is 697 g/mol. The predicted molar refractivity (Wildman–Crippen MR) is 193 cm³/mol. The number of methoxy groups -OCH3 is 2. The molecule has 2 aliphatic rings. The minimum Gasteiger partial charge on any atom is -0.493 e. The Bertz CT molecular complexity index is 1810. The summed E-state index contributed by atoms with van der Waals surface area (Å²) in [5, 5.41) is 4.42. The number of carbonyl (C=O) groups is 2. The number of rotatable bonds is 13. The standard InChI is InChI=1S/C38H41Cl2N3O6S/c1-43-16-13-24(14-17-43)23-48-37(45)38(15-12-25-6-4-5-7-29(25)38)42-20-27-9-11-35(50-27)36(44)49-33(19-28-30(39)21-41-22-31(28)40)26-8-10-32(46-2)34(18-26)47-3/h4-11,18,21-22,24,33,42H,12-17,19-20,23H2,1-3H3/p+1/t33-,38?/m0/s1. The van der Waals surface area contributed by atoms with Crippen LogP contribution in [0.15, 0.2) is 67.0 Å². The minimum atomic E-state index is -0.961. The number of nitrogens with one attached hydrogen (secondary N) is 2. The molecule has 1 unspecified atom stereocenters. The van der Waals surface area contributed by atoms with Gasteiger partial charge in [0.1, 0.15) is 26.6 Å². The topological polar surface area (TPSA) is 100 Å². The number of likely N-dealkylation sites (tertiary alicyclic amines) is 1. The van der Waals surface area contributed by atoms with Crippen molar-refractivity contribution >= 4 is 46.5 Å². The Morgan fingerprint density at radius 2 is 1.76 bits per heavy atom. The van der Waals surface area contributed by atoms with Gasteiger partial charge in [-0.25, -0.2) is 14.6 Å². The van der Waals surface area contributed by atoms with Crippen LogP contribution >= 0.6 is 34.5 Å². The average molecular weight is 740 g/mol. The first-order valence-electron chi connectivity index (χ1n) is 16.8. The van der Waals surface area contributed by atoms with Crippen molar-refractivity contribution in [3.63, 3.8) is 0 Å². The van der Waals surface area contributed by atoms with E-state index in [1.165, 1.54) is 11.3 Å². The van der Waals surface area contributed by atoms with Crippen molar-refractivity contribution in [1.29, 1.82) is 0 Å². The van der Waals surface area contributed by atoms with Gasteiger partial charge in [0.2, 0.25) is 0 Å². The second-order valence-corrected chi connectivity index (χ2v) is 14.9. The van der Waals surface area contributed by atoms with Gasteiger partial charge in [0.25, 0.3) is 0 Å². The molecule has 2 aromatic heterocycles. The zero-order valence-electron chi connectivity index (χ0n) is 28.4. The first kappa shape index (κ1) is 36.1. The quantitative estimate of drug-likeness (QED) is 0.149. The van der Waals surface area contributed by atoms with Gasteiger partial charge in [0.05, 0.1) is 20.8 Å². The van der Waals surface area contributed by atoms with Crippen LogP contribution in [0.4, 0.5) is 0 Å². The molecule has 0 saturated carbocycles. The van der Waals surface area contributed by atoms with Gasteiger partial charge in [-0.05, 0) is 92.7 Å². The third kappa shape index (κ3) is 7.95. The second kappa shape index (κ2) is 16.1. The number of pyridine rings is 1. The fourth-order valence-corrected chi connectivity index (χ4v) is 8.13. The molecule has 12 heteroatoms. The van der Waals surface area contributed by atoms with Crippen molar-refractivity contribution in [2.24, 2.45) is 5.92 Å².